The minimum Gasteiger partial charge on any atom is -0.265 e. The van der Waals surface area contributed by atoms with Gasteiger partial charge in [-0.2, -0.15) is 5.10 Å². The van der Waals surface area contributed by atoms with Gasteiger partial charge in [-0.3, -0.25) is 4.68 Å². The van der Waals surface area contributed by atoms with E-state index in [9.17, 15) is 13.2 Å². The number of aromatic nitrogens is 2. The number of aryl methyl sites for hydroxylation is 1. The molecular weight excluding hydrogens is 309 g/mol. The van der Waals surface area contributed by atoms with Crippen molar-refractivity contribution in [3.63, 3.8) is 0 Å². The number of alkyl halides is 2. The highest BCUT2D eigenvalue weighted by molar-refractivity contribution is 9.10. The summed E-state index contributed by atoms with van der Waals surface area (Å²) in [5, 5.41) is 4.06. The quantitative estimate of drug-likeness (QED) is 0.835. The topological polar surface area (TPSA) is 17.8 Å². The van der Waals surface area contributed by atoms with Crippen molar-refractivity contribution >= 4 is 15.9 Å². The van der Waals surface area contributed by atoms with Crippen LogP contribution in [0.25, 0.3) is 11.3 Å². The molecule has 0 aliphatic carbocycles. The third kappa shape index (κ3) is 2.75. The average Bonchev–Trinajstić information content (AvgIpc) is 2.62. The minimum absolute atomic E-state index is 0.304. The Morgan fingerprint density at radius 2 is 2.11 bits per heavy atom. The monoisotopic (exact) mass is 318 g/mol. The number of nitrogens with zero attached hydrogens (tertiary/aromatic N) is 2. The lowest BCUT2D eigenvalue weighted by molar-refractivity contribution is 0.122. The number of hydrogen-bond acceptors (Lipinski definition) is 1. The summed E-state index contributed by atoms with van der Waals surface area (Å²) in [6.07, 6.45) is -0.972. The lowest BCUT2D eigenvalue weighted by Crippen LogP contribution is -2.06. The van der Waals surface area contributed by atoms with E-state index >= 15 is 0 Å². The summed E-state index contributed by atoms with van der Waals surface area (Å²) in [5.41, 5.74) is 1.70. The molecule has 0 bridgehead atoms. The van der Waals surface area contributed by atoms with Crippen LogP contribution in [0.15, 0.2) is 28.9 Å². The van der Waals surface area contributed by atoms with Gasteiger partial charge in [0.15, 0.2) is 0 Å². The zero-order valence-corrected chi connectivity index (χ0v) is 11.1. The Bertz CT molecular complexity index is 566. The Morgan fingerprint density at radius 3 is 2.72 bits per heavy atom. The van der Waals surface area contributed by atoms with Crippen LogP contribution in [0, 0.1) is 12.7 Å². The van der Waals surface area contributed by atoms with E-state index in [0.717, 1.165) is 0 Å². The summed E-state index contributed by atoms with van der Waals surface area (Å²) in [6.45, 7) is 1.18. The van der Waals surface area contributed by atoms with Gasteiger partial charge < -0.3 is 0 Å². The van der Waals surface area contributed by atoms with Crippen LogP contribution in [0.3, 0.4) is 0 Å². The summed E-state index contributed by atoms with van der Waals surface area (Å²) >= 11 is 3.26. The molecule has 18 heavy (non-hydrogen) atoms. The lowest BCUT2D eigenvalue weighted by atomic mass is 10.1. The summed E-state index contributed by atoms with van der Waals surface area (Å²) in [5.74, 6) is -0.304. The van der Waals surface area contributed by atoms with Crippen molar-refractivity contribution in [2.24, 2.45) is 0 Å². The smallest absolute Gasteiger partial charge is 0.257 e. The molecule has 0 saturated heterocycles. The molecule has 0 amide bonds. The summed E-state index contributed by atoms with van der Waals surface area (Å²) in [4.78, 5) is 0. The molecule has 0 atom stereocenters. The second-order valence-corrected chi connectivity index (χ2v) is 4.76. The standard InChI is InChI=1S/C12H10BrF3N2/c1-7-4-8(2-3-10(7)14)12-9(13)5-18(17-12)6-11(15)16/h2-5,11H,6H2,1H3. The van der Waals surface area contributed by atoms with Gasteiger partial charge in [-0.1, -0.05) is 0 Å². The molecule has 1 aromatic carbocycles. The van der Waals surface area contributed by atoms with Gasteiger partial charge in [0, 0.05) is 11.8 Å². The molecule has 2 nitrogen and oxygen atoms in total. The van der Waals surface area contributed by atoms with Gasteiger partial charge in [-0.25, -0.2) is 13.2 Å². The molecule has 1 aromatic heterocycles. The first-order valence-corrected chi connectivity index (χ1v) is 6.04. The van der Waals surface area contributed by atoms with Gasteiger partial charge >= 0.3 is 0 Å². The predicted molar refractivity (Wildman–Crippen MR) is 66.1 cm³/mol. The Morgan fingerprint density at radius 1 is 1.39 bits per heavy atom. The lowest BCUT2D eigenvalue weighted by Gasteiger charge is -2.01. The Kier molecular flexibility index (Phi) is 3.75. The molecule has 1 heterocycles. The average molecular weight is 319 g/mol. The van der Waals surface area contributed by atoms with Crippen LogP contribution in [0.4, 0.5) is 13.2 Å². The van der Waals surface area contributed by atoms with E-state index in [-0.39, 0.29) is 5.82 Å². The van der Waals surface area contributed by atoms with Crippen LogP contribution in [0.1, 0.15) is 5.56 Å². The molecule has 0 saturated carbocycles. The molecule has 2 rings (SSSR count). The van der Waals surface area contributed by atoms with E-state index < -0.39 is 13.0 Å². The first kappa shape index (κ1) is 13.1. The SMILES string of the molecule is Cc1cc(-c2nn(CC(F)F)cc2Br)ccc1F. The fourth-order valence-corrected chi connectivity index (χ4v) is 2.16. The van der Waals surface area contributed by atoms with Crippen LogP contribution in [0.2, 0.25) is 0 Å². The number of benzene rings is 1. The highest BCUT2D eigenvalue weighted by Crippen LogP contribution is 2.28. The maximum absolute atomic E-state index is 13.2. The minimum atomic E-state index is -2.46. The second kappa shape index (κ2) is 5.14. The van der Waals surface area contributed by atoms with Gasteiger partial charge in [0.05, 0.1) is 4.47 Å². The normalized spacial score (nSPS) is 11.2. The molecule has 0 unspecified atom stereocenters. The van der Waals surface area contributed by atoms with Crippen LogP contribution < -0.4 is 0 Å². The van der Waals surface area contributed by atoms with Gasteiger partial charge in [-0.05, 0) is 46.6 Å². The van der Waals surface area contributed by atoms with E-state index in [1.54, 1.807) is 19.1 Å². The largest absolute Gasteiger partial charge is 0.265 e. The van der Waals surface area contributed by atoms with Crippen molar-refractivity contribution in [1.29, 1.82) is 0 Å². The maximum atomic E-state index is 13.2. The van der Waals surface area contributed by atoms with Crippen molar-refractivity contribution in [3.05, 3.63) is 40.2 Å². The molecule has 0 fully saturated rings. The number of rotatable bonds is 3. The molecule has 0 N–H and O–H groups in total. The number of hydrogen-bond donors (Lipinski definition) is 0. The second-order valence-electron chi connectivity index (χ2n) is 3.90. The molecule has 0 aliphatic heterocycles. The Balaban J connectivity index is 2.38. The zero-order valence-electron chi connectivity index (χ0n) is 9.50. The van der Waals surface area contributed by atoms with Crippen LogP contribution >= 0.6 is 15.9 Å². The van der Waals surface area contributed by atoms with Crippen molar-refractivity contribution in [1.82, 2.24) is 9.78 Å². The van der Waals surface area contributed by atoms with Gasteiger partial charge in [0.2, 0.25) is 0 Å². The predicted octanol–water partition coefficient (Wildman–Crippen LogP) is 4.03. The fraction of sp³-hybridized carbons (Fsp3) is 0.250. The molecule has 6 heteroatoms. The zero-order chi connectivity index (χ0) is 13.3. The van der Waals surface area contributed by atoms with Crippen LogP contribution in [-0.4, -0.2) is 16.2 Å². The highest BCUT2D eigenvalue weighted by atomic mass is 79.9. The maximum Gasteiger partial charge on any atom is 0.257 e. The van der Waals surface area contributed by atoms with Gasteiger partial charge in [0.25, 0.3) is 6.43 Å². The third-order valence-corrected chi connectivity index (χ3v) is 3.05. The highest BCUT2D eigenvalue weighted by Gasteiger charge is 2.12. The summed E-state index contributed by atoms with van der Waals surface area (Å²) in [7, 11) is 0. The van der Waals surface area contributed by atoms with E-state index in [1.807, 2.05) is 0 Å². The van der Waals surface area contributed by atoms with Crippen LogP contribution in [0.5, 0.6) is 0 Å². The van der Waals surface area contributed by atoms with Crippen molar-refractivity contribution in [2.75, 3.05) is 0 Å². The van der Waals surface area contributed by atoms with Crippen molar-refractivity contribution < 1.29 is 13.2 Å². The Labute approximate surface area is 111 Å². The van der Waals surface area contributed by atoms with E-state index in [1.165, 1.54) is 16.9 Å². The van der Waals surface area contributed by atoms with E-state index in [2.05, 4.69) is 21.0 Å². The molecule has 0 aliphatic rings. The first-order valence-electron chi connectivity index (χ1n) is 5.25. The summed E-state index contributed by atoms with van der Waals surface area (Å²) < 4.78 is 39.4. The molecule has 0 spiro atoms. The molecule has 96 valence electrons. The van der Waals surface area contributed by atoms with Crippen molar-refractivity contribution in [3.8, 4) is 11.3 Å². The molecular formula is C12H10BrF3N2. The summed E-state index contributed by atoms with van der Waals surface area (Å²) in [6, 6.07) is 4.54. The fourth-order valence-electron chi connectivity index (χ4n) is 1.62. The van der Waals surface area contributed by atoms with E-state index in [0.29, 0.717) is 21.3 Å². The first-order chi connectivity index (χ1) is 8.47. The van der Waals surface area contributed by atoms with E-state index in [4.69, 9.17) is 0 Å². The molecule has 0 radical (unpaired) electrons. The van der Waals surface area contributed by atoms with Crippen LogP contribution in [-0.2, 0) is 6.54 Å². The van der Waals surface area contributed by atoms with Gasteiger partial charge in [-0.15, -0.1) is 0 Å². The van der Waals surface area contributed by atoms with Crippen molar-refractivity contribution in [2.45, 2.75) is 19.9 Å². The third-order valence-electron chi connectivity index (χ3n) is 2.47. The van der Waals surface area contributed by atoms with Gasteiger partial charge in [0.1, 0.15) is 18.1 Å². The molecule has 2 aromatic rings. The Hall–Kier alpha value is -1.30. The number of halogens is 4.